The van der Waals surface area contributed by atoms with Crippen LogP contribution in [0.1, 0.15) is 10.6 Å². The maximum atomic E-state index is 5.20. The van der Waals surface area contributed by atoms with Gasteiger partial charge in [0.15, 0.2) is 0 Å². The van der Waals surface area contributed by atoms with Gasteiger partial charge in [-0.3, -0.25) is 0 Å². The first-order valence-corrected chi connectivity index (χ1v) is 5.38. The van der Waals surface area contributed by atoms with Crippen molar-refractivity contribution in [1.29, 1.82) is 0 Å². The highest BCUT2D eigenvalue weighted by Crippen LogP contribution is 2.26. The molecule has 0 saturated heterocycles. The van der Waals surface area contributed by atoms with Gasteiger partial charge in [-0.1, -0.05) is 52.3 Å². The number of benzene rings is 2. The van der Waals surface area contributed by atoms with Crippen LogP contribution in [0.4, 0.5) is 0 Å². The second-order valence-corrected chi connectivity index (χ2v) is 3.99. The lowest BCUT2D eigenvalue weighted by Gasteiger charge is -2.08. The Balaban J connectivity index is 2.51. The molecule has 0 heterocycles. The molecule has 0 radical (unpaired) electrons. The molecule has 0 unspecified atom stereocenters. The Bertz CT molecular complexity index is 439. The maximum Gasteiger partial charge on any atom is 0.137 e. The third-order valence-electron chi connectivity index (χ3n) is 2.24. The molecule has 0 amide bonds. The Morgan fingerprint density at radius 3 is 2.50 bits per heavy atom. The van der Waals surface area contributed by atoms with Crippen LogP contribution >= 0.6 is 15.9 Å². The molecule has 72 valence electrons. The first kappa shape index (κ1) is 9.69. The highest BCUT2D eigenvalue weighted by Gasteiger charge is 2.05. The van der Waals surface area contributed by atoms with Gasteiger partial charge in [0, 0.05) is 7.11 Å². The van der Waals surface area contributed by atoms with E-state index < -0.39 is 0 Å². The normalized spacial score (nSPS) is 13.0. The average molecular weight is 251 g/mol. The van der Waals surface area contributed by atoms with Crippen molar-refractivity contribution >= 4 is 26.7 Å². The smallest absolute Gasteiger partial charge is 0.137 e. The molecule has 0 N–H and O–H groups in total. The van der Waals surface area contributed by atoms with Gasteiger partial charge in [0.1, 0.15) is 5.01 Å². The standard InChI is InChI=1S/C12H11BrO/c1-14-12(13)11-7-6-9-4-2-3-5-10(9)8-11/h2-8,12H,1H3/t12-/m1/s1. The molecule has 0 aliphatic rings. The fourth-order valence-electron chi connectivity index (χ4n) is 1.49. The van der Waals surface area contributed by atoms with Crippen LogP contribution in [-0.4, -0.2) is 7.11 Å². The lowest BCUT2D eigenvalue weighted by Crippen LogP contribution is -1.91. The van der Waals surface area contributed by atoms with Gasteiger partial charge in [0.25, 0.3) is 0 Å². The van der Waals surface area contributed by atoms with E-state index in [1.165, 1.54) is 10.8 Å². The third kappa shape index (κ3) is 1.81. The molecule has 2 heteroatoms. The molecule has 2 aromatic rings. The van der Waals surface area contributed by atoms with Gasteiger partial charge in [0.05, 0.1) is 0 Å². The average Bonchev–Trinajstić information content (AvgIpc) is 2.27. The number of rotatable bonds is 2. The largest absolute Gasteiger partial charge is 0.365 e. The lowest BCUT2D eigenvalue weighted by molar-refractivity contribution is 0.181. The van der Waals surface area contributed by atoms with E-state index in [0.717, 1.165) is 5.56 Å². The molecule has 0 fully saturated rings. The molecular weight excluding hydrogens is 240 g/mol. The van der Waals surface area contributed by atoms with Crippen molar-refractivity contribution in [3.05, 3.63) is 48.0 Å². The fraction of sp³-hybridized carbons (Fsp3) is 0.167. The monoisotopic (exact) mass is 250 g/mol. The summed E-state index contributed by atoms with van der Waals surface area (Å²) in [4.78, 5) is 0. The zero-order valence-corrected chi connectivity index (χ0v) is 9.49. The number of methoxy groups -OCH3 is 1. The Morgan fingerprint density at radius 1 is 1.07 bits per heavy atom. The molecule has 2 aromatic carbocycles. The SMILES string of the molecule is CO[C@@H](Br)c1ccc2ccccc2c1. The molecule has 0 aliphatic heterocycles. The molecule has 0 aliphatic carbocycles. The van der Waals surface area contributed by atoms with E-state index >= 15 is 0 Å². The van der Waals surface area contributed by atoms with Crippen LogP contribution in [0.2, 0.25) is 0 Å². The van der Waals surface area contributed by atoms with E-state index in [1.54, 1.807) is 7.11 Å². The number of alkyl halides is 1. The second kappa shape index (κ2) is 4.11. The van der Waals surface area contributed by atoms with Crippen molar-refractivity contribution in [3.63, 3.8) is 0 Å². The Labute approximate surface area is 91.8 Å². The van der Waals surface area contributed by atoms with Gasteiger partial charge < -0.3 is 4.74 Å². The summed E-state index contributed by atoms with van der Waals surface area (Å²) >= 11 is 3.45. The summed E-state index contributed by atoms with van der Waals surface area (Å²) in [5, 5.41) is 2.48. The number of hydrogen-bond acceptors (Lipinski definition) is 1. The predicted octanol–water partition coefficient (Wildman–Crippen LogP) is 3.88. The van der Waals surface area contributed by atoms with E-state index in [4.69, 9.17) is 4.74 Å². The summed E-state index contributed by atoms with van der Waals surface area (Å²) in [6.45, 7) is 0. The number of ether oxygens (including phenoxy) is 1. The topological polar surface area (TPSA) is 9.23 Å². The van der Waals surface area contributed by atoms with Crippen molar-refractivity contribution in [2.45, 2.75) is 5.01 Å². The molecule has 0 saturated carbocycles. The fourth-order valence-corrected chi connectivity index (χ4v) is 1.77. The summed E-state index contributed by atoms with van der Waals surface area (Å²) < 4.78 is 5.20. The number of fused-ring (bicyclic) bond motifs is 1. The van der Waals surface area contributed by atoms with E-state index in [0.29, 0.717) is 0 Å². The summed E-state index contributed by atoms with van der Waals surface area (Å²) in [6.07, 6.45) is 0. The van der Waals surface area contributed by atoms with E-state index in [-0.39, 0.29) is 5.01 Å². The van der Waals surface area contributed by atoms with Crippen LogP contribution in [0.3, 0.4) is 0 Å². The van der Waals surface area contributed by atoms with Crippen LogP contribution in [0.25, 0.3) is 10.8 Å². The molecular formula is C12H11BrO. The Morgan fingerprint density at radius 2 is 1.79 bits per heavy atom. The summed E-state index contributed by atoms with van der Waals surface area (Å²) in [6, 6.07) is 14.6. The zero-order chi connectivity index (χ0) is 9.97. The molecule has 0 bridgehead atoms. The highest BCUT2D eigenvalue weighted by atomic mass is 79.9. The van der Waals surface area contributed by atoms with E-state index in [2.05, 4.69) is 46.3 Å². The summed E-state index contributed by atoms with van der Waals surface area (Å²) in [5.41, 5.74) is 1.14. The Hall–Kier alpha value is -0.860. The van der Waals surface area contributed by atoms with E-state index in [9.17, 15) is 0 Å². The van der Waals surface area contributed by atoms with Crippen LogP contribution in [0.5, 0.6) is 0 Å². The number of hydrogen-bond donors (Lipinski definition) is 0. The van der Waals surface area contributed by atoms with Gasteiger partial charge in [-0.15, -0.1) is 0 Å². The van der Waals surface area contributed by atoms with Crippen LogP contribution in [0.15, 0.2) is 42.5 Å². The van der Waals surface area contributed by atoms with Crippen molar-refractivity contribution in [2.75, 3.05) is 7.11 Å². The van der Waals surface area contributed by atoms with Crippen LogP contribution < -0.4 is 0 Å². The predicted molar refractivity (Wildman–Crippen MR) is 62.6 cm³/mol. The van der Waals surface area contributed by atoms with Gasteiger partial charge in [-0.25, -0.2) is 0 Å². The molecule has 14 heavy (non-hydrogen) atoms. The minimum absolute atomic E-state index is 0.0212. The summed E-state index contributed by atoms with van der Waals surface area (Å²) in [7, 11) is 1.69. The quantitative estimate of drug-likeness (QED) is 0.736. The van der Waals surface area contributed by atoms with Crippen LogP contribution in [-0.2, 0) is 4.74 Å². The van der Waals surface area contributed by atoms with Crippen molar-refractivity contribution < 1.29 is 4.74 Å². The van der Waals surface area contributed by atoms with Crippen molar-refractivity contribution in [2.24, 2.45) is 0 Å². The van der Waals surface area contributed by atoms with Crippen molar-refractivity contribution in [1.82, 2.24) is 0 Å². The molecule has 1 nitrogen and oxygen atoms in total. The zero-order valence-electron chi connectivity index (χ0n) is 7.91. The molecule has 0 spiro atoms. The van der Waals surface area contributed by atoms with Gasteiger partial charge in [-0.05, 0) is 22.4 Å². The first-order chi connectivity index (χ1) is 6.81. The van der Waals surface area contributed by atoms with Gasteiger partial charge in [0.2, 0.25) is 0 Å². The van der Waals surface area contributed by atoms with E-state index in [1.807, 2.05) is 12.1 Å². The number of halogens is 1. The van der Waals surface area contributed by atoms with Gasteiger partial charge in [-0.2, -0.15) is 0 Å². The third-order valence-corrected chi connectivity index (χ3v) is 3.15. The minimum atomic E-state index is -0.0212. The summed E-state index contributed by atoms with van der Waals surface area (Å²) in [5.74, 6) is 0. The van der Waals surface area contributed by atoms with Crippen LogP contribution in [0, 0.1) is 0 Å². The second-order valence-electron chi connectivity index (χ2n) is 3.16. The molecule has 0 aromatic heterocycles. The first-order valence-electron chi connectivity index (χ1n) is 4.47. The minimum Gasteiger partial charge on any atom is -0.365 e. The van der Waals surface area contributed by atoms with Gasteiger partial charge >= 0.3 is 0 Å². The molecule has 2 rings (SSSR count). The molecule has 1 atom stereocenters. The lowest BCUT2D eigenvalue weighted by atomic mass is 10.1. The highest BCUT2D eigenvalue weighted by molar-refractivity contribution is 9.09. The maximum absolute atomic E-state index is 5.20. The Kier molecular flexibility index (Phi) is 2.85. The van der Waals surface area contributed by atoms with Crippen molar-refractivity contribution in [3.8, 4) is 0 Å².